The van der Waals surface area contributed by atoms with Gasteiger partial charge in [-0.3, -0.25) is 14.3 Å². The number of carbonyl (C=O) groups is 2. The molecule has 1 heterocycles. The highest BCUT2D eigenvalue weighted by Crippen LogP contribution is 2.23. The zero-order valence-corrected chi connectivity index (χ0v) is 14.4. The Hall–Kier alpha value is -2.57. The van der Waals surface area contributed by atoms with Crippen LogP contribution in [0.15, 0.2) is 24.3 Å². The Balaban J connectivity index is 1.71. The molecule has 0 unspecified atom stereocenters. The lowest BCUT2D eigenvalue weighted by molar-refractivity contribution is 0.0919. The van der Waals surface area contributed by atoms with Gasteiger partial charge in [0.15, 0.2) is 17.1 Å². The van der Waals surface area contributed by atoms with E-state index in [1.807, 2.05) is 12.2 Å². The molecule has 3 N–H and O–H groups in total. The van der Waals surface area contributed by atoms with Gasteiger partial charge in [0.05, 0.1) is 0 Å². The van der Waals surface area contributed by atoms with E-state index < -0.39 is 11.8 Å². The Labute approximate surface area is 146 Å². The number of allylic oxidation sites excluding steroid dienone is 2. The monoisotopic (exact) mass is 344 g/mol. The second-order valence-electron chi connectivity index (χ2n) is 6.58. The summed E-state index contributed by atoms with van der Waals surface area (Å²) in [6.07, 6.45) is 13.3. The van der Waals surface area contributed by atoms with E-state index in [0.29, 0.717) is 0 Å². The Morgan fingerprint density at radius 3 is 2.12 bits per heavy atom. The number of aromatic hydroxyl groups is 1. The molecule has 0 aliphatic heterocycles. The van der Waals surface area contributed by atoms with E-state index in [1.165, 1.54) is 4.68 Å². The average molecular weight is 344 g/mol. The number of hydrogen-bond donors (Lipinski definition) is 3. The maximum absolute atomic E-state index is 12.5. The Morgan fingerprint density at radius 1 is 1.04 bits per heavy atom. The summed E-state index contributed by atoms with van der Waals surface area (Å²) in [5.74, 6) is -1.23. The number of rotatable bonds is 4. The lowest BCUT2D eigenvalue weighted by atomic mass is 10.0. The lowest BCUT2D eigenvalue weighted by Crippen LogP contribution is -2.36. The molecule has 0 aromatic carbocycles. The van der Waals surface area contributed by atoms with Crippen LogP contribution in [0.25, 0.3) is 0 Å². The molecule has 2 atom stereocenters. The molecular weight excluding hydrogens is 320 g/mol. The van der Waals surface area contributed by atoms with Gasteiger partial charge in [0.2, 0.25) is 0 Å². The fourth-order valence-electron chi connectivity index (χ4n) is 3.28. The number of carbonyl (C=O) groups excluding carboxylic acids is 2. The number of amides is 2. The first-order valence-electron chi connectivity index (χ1n) is 8.74. The van der Waals surface area contributed by atoms with Crippen LogP contribution < -0.4 is 10.6 Å². The zero-order chi connectivity index (χ0) is 17.8. The molecule has 7 nitrogen and oxygen atoms in total. The third-order valence-electron chi connectivity index (χ3n) is 4.66. The van der Waals surface area contributed by atoms with Crippen LogP contribution in [0, 0.1) is 0 Å². The second kappa shape index (κ2) is 7.55. The van der Waals surface area contributed by atoms with Crippen molar-refractivity contribution in [2.75, 3.05) is 0 Å². The third kappa shape index (κ3) is 3.92. The number of nitrogens with zero attached hydrogens (tertiary/aromatic N) is 2. The average Bonchev–Trinajstić information content (AvgIpc) is 2.91. The largest absolute Gasteiger partial charge is 0.504 e. The molecule has 7 heteroatoms. The molecule has 0 radical (unpaired) electrons. The summed E-state index contributed by atoms with van der Waals surface area (Å²) in [4.78, 5) is 24.9. The third-order valence-corrected chi connectivity index (χ3v) is 4.66. The van der Waals surface area contributed by atoms with E-state index >= 15 is 0 Å². The van der Waals surface area contributed by atoms with Crippen LogP contribution in [-0.2, 0) is 7.05 Å². The van der Waals surface area contributed by atoms with Gasteiger partial charge in [0.1, 0.15) is 0 Å². The predicted molar refractivity (Wildman–Crippen MR) is 93.4 cm³/mol. The minimum absolute atomic E-state index is 0.0169. The Kier molecular flexibility index (Phi) is 5.21. The highest BCUT2D eigenvalue weighted by molar-refractivity contribution is 6.02. The fourth-order valence-corrected chi connectivity index (χ4v) is 3.28. The summed E-state index contributed by atoms with van der Waals surface area (Å²) >= 11 is 0. The van der Waals surface area contributed by atoms with Crippen LogP contribution in [0.2, 0.25) is 0 Å². The molecule has 3 rings (SSSR count). The summed E-state index contributed by atoms with van der Waals surface area (Å²) in [5, 5.41) is 20.2. The molecular formula is C18H24N4O3. The van der Waals surface area contributed by atoms with E-state index in [-0.39, 0.29) is 29.2 Å². The quantitative estimate of drug-likeness (QED) is 0.726. The summed E-state index contributed by atoms with van der Waals surface area (Å²) in [6, 6.07) is 0.0725. The maximum Gasteiger partial charge on any atom is 0.275 e. The molecule has 2 amide bonds. The molecule has 0 spiro atoms. The van der Waals surface area contributed by atoms with Crippen LogP contribution in [0.4, 0.5) is 0 Å². The summed E-state index contributed by atoms with van der Waals surface area (Å²) in [5.41, 5.74) is -0.0889. The van der Waals surface area contributed by atoms with Crippen LogP contribution in [-0.4, -0.2) is 38.8 Å². The molecule has 0 saturated heterocycles. The first-order valence-corrected chi connectivity index (χ1v) is 8.74. The van der Waals surface area contributed by atoms with Crippen molar-refractivity contribution >= 4 is 11.8 Å². The van der Waals surface area contributed by atoms with Gasteiger partial charge in [-0.1, -0.05) is 24.3 Å². The van der Waals surface area contributed by atoms with Gasteiger partial charge in [-0.05, 0) is 38.5 Å². The van der Waals surface area contributed by atoms with Crippen molar-refractivity contribution in [3.8, 4) is 5.75 Å². The van der Waals surface area contributed by atoms with Gasteiger partial charge in [-0.2, -0.15) is 5.10 Å². The first-order chi connectivity index (χ1) is 12.1. The smallest absolute Gasteiger partial charge is 0.275 e. The molecule has 0 fully saturated rings. The number of aryl methyl sites for hydroxylation is 1. The topological polar surface area (TPSA) is 96.2 Å². The SMILES string of the molecule is Cn1nc(C(=O)N[C@@H]2CC=CCC2)c(O)c1C(=O)N[C@H]1CC=CCC1. The van der Waals surface area contributed by atoms with E-state index in [0.717, 1.165) is 38.5 Å². The molecule has 1 aromatic heterocycles. The Morgan fingerprint density at radius 2 is 1.60 bits per heavy atom. The van der Waals surface area contributed by atoms with Crippen molar-refractivity contribution in [3.05, 3.63) is 35.7 Å². The van der Waals surface area contributed by atoms with Crippen molar-refractivity contribution in [1.29, 1.82) is 0 Å². The predicted octanol–water partition coefficient (Wildman–Crippen LogP) is 1.80. The molecule has 2 aliphatic carbocycles. The number of nitrogens with one attached hydrogen (secondary N) is 2. The normalized spacial score (nSPS) is 22.6. The lowest BCUT2D eigenvalue weighted by Gasteiger charge is -2.19. The fraction of sp³-hybridized carbons (Fsp3) is 0.500. The van der Waals surface area contributed by atoms with Gasteiger partial charge in [-0.25, -0.2) is 0 Å². The Bertz CT molecular complexity index is 720. The molecule has 25 heavy (non-hydrogen) atoms. The van der Waals surface area contributed by atoms with E-state index in [4.69, 9.17) is 0 Å². The molecule has 0 bridgehead atoms. The minimum Gasteiger partial charge on any atom is -0.504 e. The van der Waals surface area contributed by atoms with Gasteiger partial charge >= 0.3 is 0 Å². The first kappa shape index (κ1) is 17.3. The van der Waals surface area contributed by atoms with Gasteiger partial charge in [-0.15, -0.1) is 0 Å². The molecule has 1 aromatic rings. The molecule has 0 saturated carbocycles. The van der Waals surface area contributed by atoms with Gasteiger partial charge in [0, 0.05) is 19.1 Å². The second-order valence-corrected chi connectivity index (χ2v) is 6.58. The zero-order valence-electron chi connectivity index (χ0n) is 14.4. The van der Waals surface area contributed by atoms with Crippen molar-refractivity contribution in [2.24, 2.45) is 7.05 Å². The van der Waals surface area contributed by atoms with Crippen LogP contribution in [0.3, 0.4) is 0 Å². The van der Waals surface area contributed by atoms with E-state index in [9.17, 15) is 14.7 Å². The standard InChI is InChI=1S/C18H24N4O3/c1-22-15(18(25)20-13-10-6-3-7-11-13)16(23)14(21-22)17(24)19-12-8-4-2-5-9-12/h2-4,6,12-13,23H,5,7-11H2,1H3,(H,19,24)(H,20,25)/t12-,13+/m1/s1. The number of aromatic nitrogens is 2. The van der Waals surface area contributed by atoms with Crippen molar-refractivity contribution < 1.29 is 14.7 Å². The van der Waals surface area contributed by atoms with Crippen LogP contribution in [0.5, 0.6) is 5.75 Å². The highest BCUT2D eigenvalue weighted by atomic mass is 16.3. The highest BCUT2D eigenvalue weighted by Gasteiger charge is 2.28. The van der Waals surface area contributed by atoms with Crippen molar-refractivity contribution in [3.63, 3.8) is 0 Å². The summed E-state index contributed by atoms with van der Waals surface area (Å²) in [7, 11) is 1.55. The van der Waals surface area contributed by atoms with E-state index in [2.05, 4.69) is 27.9 Å². The van der Waals surface area contributed by atoms with Crippen molar-refractivity contribution in [1.82, 2.24) is 20.4 Å². The molecule has 134 valence electrons. The number of hydrogen-bond acceptors (Lipinski definition) is 4. The van der Waals surface area contributed by atoms with E-state index in [1.54, 1.807) is 7.05 Å². The van der Waals surface area contributed by atoms with Crippen LogP contribution >= 0.6 is 0 Å². The van der Waals surface area contributed by atoms with Crippen LogP contribution in [0.1, 0.15) is 59.5 Å². The summed E-state index contributed by atoms with van der Waals surface area (Å²) < 4.78 is 1.26. The van der Waals surface area contributed by atoms with Crippen molar-refractivity contribution in [2.45, 2.75) is 50.6 Å². The van der Waals surface area contributed by atoms with Gasteiger partial charge in [0.25, 0.3) is 11.8 Å². The maximum atomic E-state index is 12.5. The van der Waals surface area contributed by atoms with Gasteiger partial charge < -0.3 is 15.7 Å². The minimum atomic E-state index is -0.451. The molecule has 2 aliphatic rings. The summed E-state index contributed by atoms with van der Waals surface area (Å²) in [6.45, 7) is 0.